The minimum absolute atomic E-state index is 0.245. The second-order valence-corrected chi connectivity index (χ2v) is 24.1. The molecule has 16 rings (SSSR count). The Morgan fingerprint density at radius 2 is 0.537 bits per heavy atom. The Kier molecular flexibility index (Phi) is 11.3. The van der Waals surface area contributed by atoms with Gasteiger partial charge in [0.2, 0.25) is 0 Å². The first kappa shape index (κ1) is 50.8. The monoisotopic (exact) mass is 1210 g/mol. The van der Waals surface area contributed by atoms with Crippen LogP contribution in [0, 0.1) is 0 Å². The summed E-state index contributed by atoms with van der Waals surface area (Å²) in [5.74, 6) is -2.25. The van der Waals surface area contributed by atoms with Crippen LogP contribution in [0.25, 0.3) is 86.2 Å². The molecule has 0 saturated carbocycles. The highest BCUT2D eigenvalue weighted by Crippen LogP contribution is 2.54. The number of piperidine rings is 2. The van der Waals surface area contributed by atoms with Crippen molar-refractivity contribution in [2.24, 2.45) is 0 Å². The minimum atomic E-state index is -0.314. The highest BCUT2D eigenvalue weighted by atomic mass is 79.9. The van der Waals surface area contributed by atoms with Crippen molar-refractivity contribution in [1.82, 2.24) is 19.6 Å². The second kappa shape index (κ2) is 18.2. The number of imide groups is 4. The summed E-state index contributed by atoms with van der Waals surface area (Å²) in [6, 6.07) is 22.9. The van der Waals surface area contributed by atoms with Gasteiger partial charge in [0, 0.05) is 171 Å². The lowest BCUT2D eigenvalue weighted by molar-refractivity contribution is 0.0603. The first-order valence-corrected chi connectivity index (χ1v) is 30.1. The topological polar surface area (TPSA) is 156 Å². The number of amides is 8. The molecule has 408 valence electrons. The summed E-state index contributed by atoms with van der Waals surface area (Å²) in [7, 11) is 0. The average Bonchev–Trinajstić information content (AvgIpc) is 0.810. The van der Waals surface area contributed by atoms with E-state index >= 15 is 0 Å². The van der Waals surface area contributed by atoms with E-state index in [1.165, 1.54) is 32.4 Å². The van der Waals surface area contributed by atoms with Gasteiger partial charge in [0.1, 0.15) is 0 Å². The summed E-state index contributed by atoms with van der Waals surface area (Å²) in [6.07, 6.45) is 6.60. The van der Waals surface area contributed by atoms with Gasteiger partial charge in [-0.05, 0) is 136 Å². The SMILES string of the molecule is CCN1C(=O)c2ccc3c4c(Br)cc5c6c(ccc(c7c(Br)cc(c2c37)C1=O)c64)C(=O)N(CC)C5=O.CCN1C(=O)c2ccc3c4c(N5CCCCC5)cc5c6c(ccc(c7c(N8CCCCC8)cc(c2c37)C1=O)c64)C(=O)N(CC)C5=O. The summed E-state index contributed by atoms with van der Waals surface area (Å²) in [6.45, 7) is 12.0. The van der Waals surface area contributed by atoms with Gasteiger partial charge in [0.05, 0.1) is 11.1 Å². The van der Waals surface area contributed by atoms with E-state index in [0.29, 0.717) is 77.3 Å². The Morgan fingerprint density at radius 1 is 0.293 bits per heavy atom. The molecular formula is C66H52Br2N6O8. The van der Waals surface area contributed by atoms with E-state index < -0.39 is 0 Å². The van der Waals surface area contributed by atoms with Gasteiger partial charge < -0.3 is 9.80 Å². The maximum atomic E-state index is 14.0. The predicted octanol–water partition coefficient (Wildman–Crippen LogP) is 13.4. The lowest BCUT2D eigenvalue weighted by atomic mass is 9.80. The predicted molar refractivity (Wildman–Crippen MR) is 327 cm³/mol. The molecule has 6 aliphatic rings. The molecule has 0 atom stereocenters. The third kappa shape index (κ3) is 6.50. The number of benzene rings is 10. The molecule has 0 bridgehead atoms. The van der Waals surface area contributed by atoms with Crippen molar-refractivity contribution < 1.29 is 38.4 Å². The van der Waals surface area contributed by atoms with E-state index in [1.54, 1.807) is 38.1 Å². The molecule has 16 heteroatoms. The van der Waals surface area contributed by atoms with E-state index in [-0.39, 0.29) is 60.3 Å². The molecule has 8 amide bonds. The van der Waals surface area contributed by atoms with Crippen LogP contribution in [0.3, 0.4) is 0 Å². The van der Waals surface area contributed by atoms with Gasteiger partial charge in [-0.1, -0.05) is 56.1 Å². The molecule has 82 heavy (non-hydrogen) atoms. The Morgan fingerprint density at radius 3 is 0.817 bits per heavy atom. The number of fused-ring (bicyclic) bond motifs is 4. The number of carbonyl (C=O) groups excluding carboxylic acids is 8. The van der Waals surface area contributed by atoms with E-state index in [4.69, 9.17) is 0 Å². The van der Waals surface area contributed by atoms with E-state index in [0.717, 1.165) is 139 Å². The number of carbonyl (C=O) groups is 8. The van der Waals surface area contributed by atoms with Crippen LogP contribution in [0.5, 0.6) is 0 Å². The van der Waals surface area contributed by atoms with Crippen LogP contribution in [-0.2, 0) is 0 Å². The van der Waals surface area contributed by atoms with Crippen molar-refractivity contribution in [1.29, 1.82) is 0 Å². The van der Waals surface area contributed by atoms with Crippen molar-refractivity contribution in [3.05, 3.63) is 126 Å². The Hall–Kier alpha value is -8.08. The lowest BCUT2D eigenvalue weighted by Crippen LogP contribution is -2.40. The first-order chi connectivity index (χ1) is 39.7. The summed E-state index contributed by atoms with van der Waals surface area (Å²) in [4.78, 5) is 119. The van der Waals surface area contributed by atoms with Gasteiger partial charge in [-0.2, -0.15) is 0 Å². The van der Waals surface area contributed by atoms with Crippen LogP contribution < -0.4 is 9.80 Å². The maximum Gasteiger partial charge on any atom is 0.261 e. The molecule has 0 unspecified atom stereocenters. The third-order valence-electron chi connectivity index (χ3n) is 18.5. The van der Waals surface area contributed by atoms with Gasteiger partial charge in [-0.3, -0.25) is 58.0 Å². The lowest BCUT2D eigenvalue weighted by Gasteiger charge is -2.36. The molecule has 0 aliphatic carbocycles. The van der Waals surface area contributed by atoms with Crippen LogP contribution in [0.1, 0.15) is 149 Å². The Bertz CT molecular complexity index is 4420. The molecule has 14 nitrogen and oxygen atoms in total. The van der Waals surface area contributed by atoms with Gasteiger partial charge in [-0.25, -0.2) is 0 Å². The molecule has 0 aromatic heterocycles. The molecule has 2 fully saturated rings. The quantitative estimate of drug-likeness (QED) is 0.0892. The highest BCUT2D eigenvalue weighted by Gasteiger charge is 2.41. The molecule has 10 aromatic carbocycles. The summed E-state index contributed by atoms with van der Waals surface area (Å²) in [5.41, 5.74) is 6.20. The molecule has 2 saturated heterocycles. The smallest absolute Gasteiger partial charge is 0.261 e. The first-order valence-electron chi connectivity index (χ1n) is 28.6. The van der Waals surface area contributed by atoms with Gasteiger partial charge in [-0.15, -0.1) is 0 Å². The highest BCUT2D eigenvalue weighted by molar-refractivity contribution is 9.11. The number of rotatable bonds is 6. The fourth-order valence-electron chi connectivity index (χ4n) is 14.9. The molecule has 6 heterocycles. The minimum Gasteiger partial charge on any atom is -0.371 e. The normalized spacial score (nSPS) is 17.4. The average molecular weight is 1220 g/mol. The molecular weight excluding hydrogens is 1160 g/mol. The van der Waals surface area contributed by atoms with Crippen molar-refractivity contribution in [2.75, 3.05) is 62.2 Å². The van der Waals surface area contributed by atoms with E-state index in [1.807, 2.05) is 50.2 Å². The van der Waals surface area contributed by atoms with Crippen molar-refractivity contribution in [2.45, 2.75) is 66.2 Å². The van der Waals surface area contributed by atoms with Crippen LogP contribution >= 0.6 is 31.9 Å². The zero-order chi connectivity index (χ0) is 56.6. The van der Waals surface area contributed by atoms with Crippen molar-refractivity contribution in [3.63, 3.8) is 0 Å². The van der Waals surface area contributed by atoms with Crippen molar-refractivity contribution >= 4 is 177 Å². The van der Waals surface area contributed by atoms with Crippen molar-refractivity contribution in [3.8, 4) is 0 Å². The number of hydrogen-bond acceptors (Lipinski definition) is 10. The number of hydrogen-bond donors (Lipinski definition) is 0. The van der Waals surface area contributed by atoms with Gasteiger partial charge in [0.15, 0.2) is 0 Å². The molecule has 6 aliphatic heterocycles. The molecule has 0 N–H and O–H groups in total. The maximum absolute atomic E-state index is 14.0. The summed E-state index contributed by atoms with van der Waals surface area (Å²) in [5, 5.41) is 13.5. The zero-order valence-electron chi connectivity index (χ0n) is 45.5. The van der Waals surface area contributed by atoms with Gasteiger partial charge in [0.25, 0.3) is 47.3 Å². The molecule has 0 spiro atoms. The Balaban J connectivity index is 0.000000145. The largest absolute Gasteiger partial charge is 0.371 e. The molecule has 0 radical (unpaired) electrons. The number of nitrogens with zero attached hydrogens (tertiary/aromatic N) is 6. The van der Waals surface area contributed by atoms with E-state index in [2.05, 4.69) is 53.8 Å². The van der Waals surface area contributed by atoms with Crippen LogP contribution in [0.2, 0.25) is 0 Å². The van der Waals surface area contributed by atoms with Crippen LogP contribution in [0.15, 0.2) is 81.7 Å². The third-order valence-corrected chi connectivity index (χ3v) is 19.8. The summed E-state index contributed by atoms with van der Waals surface area (Å²) >= 11 is 7.42. The molecule has 10 aromatic rings. The standard InChI is InChI=1S/C38H36N4O4.C28H16Br2N2O4/c1-3-41-35(43)23-13-11-21-32-28(40-17-9-6-10-18-40)20-26-30-24(36(44)42(4-2)38(26)46)14-12-22(34(30)32)31-27(39-15-7-5-8-16-39)19-25(37(41)45)29(23)33(21)31;1-3-31-25(33)13-7-5-11-22-18(30)10-16-20-14(26(34)32(4-2)28(16)36)8-6-12(24(20)22)21-17(29)9-15(27(31)35)19(13)23(11)21/h11-14,19-20H,3-10,15-18H2,1-2H3;5-10H,3-4H2,1-2H3. The summed E-state index contributed by atoms with van der Waals surface area (Å²) < 4.78 is 1.43. The fraction of sp³-hybridized carbons (Fsp3) is 0.273. The van der Waals surface area contributed by atoms with Crippen LogP contribution in [-0.4, -0.2) is 119 Å². The van der Waals surface area contributed by atoms with Crippen LogP contribution in [0.4, 0.5) is 11.4 Å². The fourth-order valence-corrected chi connectivity index (χ4v) is 16.2. The van der Waals surface area contributed by atoms with E-state index in [9.17, 15) is 38.4 Å². The second-order valence-electron chi connectivity index (χ2n) is 22.4. The number of anilines is 2. The number of halogens is 2. The van der Waals surface area contributed by atoms with Gasteiger partial charge >= 0.3 is 0 Å². The zero-order valence-corrected chi connectivity index (χ0v) is 48.7. The Labute approximate surface area is 486 Å².